The summed E-state index contributed by atoms with van der Waals surface area (Å²) >= 11 is 0. The number of aromatic amines is 1. The molecule has 3 N–H and O–H groups in total. The molecule has 0 aliphatic heterocycles. The molecular formula is C20H18N6O2. The summed E-state index contributed by atoms with van der Waals surface area (Å²) in [5.74, 6) is 0.925. The first-order valence-corrected chi connectivity index (χ1v) is 8.70. The van der Waals surface area contributed by atoms with Crippen LogP contribution in [0.2, 0.25) is 0 Å². The molecule has 0 aliphatic carbocycles. The van der Waals surface area contributed by atoms with Crippen molar-refractivity contribution in [3.05, 3.63) is 76.2 Å². The number of nitrogens with zero attached hydrogens (tertiary/aromatic N) is 3. The Kier molecular flexibility index (Phi) is 4.36. The van der Waals surface area contributed by atoms with E-state index >= 15 is 0 Å². The van der Waals surface area contributed by atoms with E-state index in [9.17, 15) is 9.59 Å². The van der Waals surface area contributed by atoms with Crippen molar-refractivity contribution in [3.63, 3.8) is 0 Å². The van der Waals surface area contributed by atoms with Crippen LogP contribution in [0, 0.1) is 6.92 Å². The Morgan fingerprint density at radius 1 is 1.07 bits per heavy atom. The van der Waals surface area contributed by atoms with E-state index in [4.69, 9.17) is 0 Å². The van der Waals surface area contributed by atoms with Crippen LogP contribution in [-0.2, 0) is 0 Å². The summed E-state index contributed by atoms with van der Waals surface area (Å²) in [6.45, 7) is 1.90. The number of fused-ring (bicyclic) bond motifs is 1. The van der Waals surface area contributed by atoms with Crippen LogP contribution < -0.4 is 16.2 Å². The lowest BCUT2D eigenvalue weighted by atomic mass is 10.1. The fourth-order valence-electron chi connectivity index (χ4n) is 2.96. The fourth-order valence-corrected chi connectivity index (χ4v) is 2.96. The zero-order chi connectivity index (χ0) is 19.7. The lowest BCUT2D eigenvalue weighted by Gasteiger charge is -2.12. The lowest BCUT2D eigenvalue weighted by Crippen LogP contribution is -2.23. The molecule has 0 saturated heterocycles. The molecule has 2 aromatic heterocycles. The first kappa shape index (κ1) is 17.5. The normalized spacial score (nSPS) is 10.8. The monoisotopic (exact) mass is 374 g/mol. The van der Waals surface area contributed by atoms with Crippen molar-refractivity contribution < 1.29 is 4.79 Å². The van der Waals surface area contributed by atoms with Crippen molar-refractivity contribution in [1.82, 2.24) is 25.3 Å². The standard InChI is InChI=1S/C20H18N6O2/c1-12-11-17(24-23-12)22-18-15-5-3-4-6-16(15)20(28)26(25-18)14-9-7-13(8-10-14)19(27)21-2/h3-11H,1-2H3,(H,21,27)(H2,22,23,24,25). The van der Waals surface area contributed by atoms with Gasteiger partial charge in [-0.25, -0.2) is 0 Å². The Morgan fingerprint density at radius 2 is 1.79 bits per heavy atom. The van der Waals surface area contributed by atoms with Gasteiger partial charge in [0.1, 0.15) is 0 Å². The van der Waals surface area contributed by atoms with Crippen LogP contribution in [0.4, 0.5) is 11.6 Å². The number of nitrogens with one attached hydrogen (secondary N) is 3. The number of H-pyrrole nitrogens is 1. The molecule has 0 saturated carbocycles. The predicted octanol–water partition coefficient (Wildman–Crippen LogP) is 2.52. The number of carbonyl (C=O) groups excluding carboxylic acids is 1. The van der Waals surface area contributed by atoms with E-state index < -0.39 is 0 Å². The van der Waals surface area contributed by atoms with Gasteiger partial charge in [0.2, 0.25) is 0 Å². The zero-order valence-electron chi connectivity index (χ0n) is 15.4. The Bertz CT molecular complexity index is 1220. The average Bonchev–Trinajstić information content (AvgIpc) is 3.14. The molecule has 140 valence electrons. The smallest absolute Gasteiger partial charge is 0.279 e. The third kappa shape index (κ3) is 3.11. The maximum atomic E-state index is 13.0. The van der Waals surface area contributed by atoms with Crippen LogP contribution in [0.5, 0.6) is 0 Å². The number of anilines is 2. The van der Waals surface area contributed by atoms with Crippen molar-refractivity contribution in [2.24, 2.45) is 0 Å². The van der Waals surface area contributed by atoms with Crippen LogP contribution in [0.1, 0.15) is 16.1 Å². The second-order valence-corrected chi connectivity index (χ2v) is 6.30. The van der Waals surface area contributed by atoms with E-state index in [-0.39, 0.29) is 11.5 Å². The van der Waals surface area contributed by atoms with E-state index in [1.165, 1.54) is 4.68 Å². The molecule has 0 atom stereocenters. The van der Waals surface area contributed by atoms with Gasteiger partial charge in [-0.2, -0.15) is 9.78 Å². The van der Waals surface area contributed by atoms with Gasteiger partial charge in [-0.1, -0.05) is 18.2 Å². The summed E-state index contributed by atoms with van der Waals surface area (Å²) in [6, 6.07) is 15.8. The molecule has 4 rings (SSSR count). The average molecular weight is 374 g/mol. The Hall–Kier alpha value is -3.94. The number of amides is 1. The highest BCUT2D eigenvalue weighted by Gasteiger charge is 2.13. The molecule has 2 aromatic carbocycles. The highest BCUT2D eigenvalue weighted by Crippen LogP contribution is 2.22. The summed E-state index contributed by atoms with van der Waals surface area (Å²) in [5, 5.41) is 18.5. The number of aryl methyl sites for hydroxylation is 1. The highest BCUT2D eigenvalue weighted by atomic mass is 16.1. The van der Waals surface area contributed by atoms with Gasteiger partial charge in [0.05, 0.1) is 11.1 Å². The maximum Gasteiger partial charge on any atom is 0.279 e. The first-order valence-electron chi connectivity index (χ1n) is 8.70. The van der Waals surface area contributed by atoms with Gasteiger partial charge in [0, 0.05) is 29.8 Å². The molecule has 0 spiro atoms. The van der Waals surface area contributed by atoms with Crippen molar-refractivity contribution >= 4 is 28.3 Å². The molecule has 0 unspecified atom stereocenters. The predicted molar refractivity (Wildman–Crippen MR) is 107 cm³/mol. The molecular weight excluding hydrogens is 356 g/mol. The fraction of sp³-hybridized carbons (Fsp3) is 0.100. The van der Waals surface area contributed by atoms with Gasteiger partial charge < -0.3 is 10.6 Å². The Morgan fingerprint density at radius 3 is 2.43 bits per heavy atom. The number of carbonyl (C=O) groups is 1. The largest absolute Gasteiger partial charge is 0.355 e. The van der Waals surface area contributed by atoms with Crippen molar-refractivity contribution in [2.75, 3.05) is 12.4 Å². The van der Waals surface area contributed by atoms with Crippen LogP contribution >= 0.6 is 0 Å². The number of aromatic nitrogens is 4. The lowest BCUT2D eigenvalue weighted by molar-refractivity contribution is 0.0963. The third-order valence-electron chi connectivity index (χ3n) is 4.36. The number of hydrogen-bond donors (Lipinski definition) is 3. The molecule has 8 nitrogen and oxygen atoms in total. The number of benzene rings is 2. The van der Waals surface area contributed by atoms with Gasteiger partial charge in [-0.15, -0.1) is 5.10 Å². The summed E-state index contributed by atoms with van der Waals surface area (Å²) in [7, 11) is 1.57. The van der Waals surface area contributed by atoms with Gasteiger partial charge in [-0.3, -0.25) is 14.7 Å². The minimum atomic E-state index is -0.243. The van der Waals surface area contributed by atoms with Crippen LogP contribution in [0.15, 0.2) is 59.4 Å². The topological polar surface area (TPSA) is 105 Å². The molecule has 1 amide bonds. The SMILES string of the molecule is CNC(=O)c1ccc(-n2nc(Nc3cc(C)[nH]n3)c3ccccc3c2=O)cc1. The summed E-state index contributed by atoms with van der Waals surface area (Å²) in [5.41, 5.74) is 1.73. The van der Waals surface area contributed by atoms with Crippen molar-refractivity contribution in [1.29, 1.82) is 0 Å². The van der Waals surface area contributed by atoms with Crippen LogP contribution in [-0.4, -0.2) is 32.9 Å². The van der Waals surface area contributed by atoms with E-state index in [0.717, 1.165) is 5.69 Å². The van der Waals surface area contributed by atoms with Crippen molar-refractivity contribution in [3.8, 4) is 5.69 Å². The Labute approximate surface area is 160 Å². The minimum absolute atomic E-state index is 0.193. The van der Waals surface area contributed by atoms with Gasteiger partial charge in [-0.05, 0) is 37.3 Å². The number of rotatable bonds is 4. The Balaban J connectivity index is 1.85. The van der Waals surface area contributed by atoms with Crippen LogP contribution in [0.3, 0.4) is 0 Å². The number of hydrogen-bond acceptors (Lipinski definition) is 5. The summed E-state index contributed by atoms with van der Waals surface area (Å²) in [4.78, 5) is 24.7. The van der Waals surface area contributed by atoms with Gasteiger partial charge in [0.15, 0.2) is 11.6 Å². The van der Waals surface area contributed by atoms with E-state index in [1.807, 2.05) is 31.2 Å². The third-order valence-corrected chi connectivity index (χ3v) is 4.36. The highest BCUT2D eigenvalue weighted by molar-refractivity contribution is 5.94. The summed E-state index contributed by atoms with van der Waals surface area (Å²) < 4.78 is 1.32. The molecule has 4 aromatic rings. The molecule has 0 aliphatic rings. The second kappa shape index (κ2) is 6.99. The van der Waals surface area contributed by atoms with Gasteiger partial charge >= 0.3 is 0 Å². The molecule has 0 fully saturated rings. The first-order chi connectivity index (χ1) is 13.6. The van der Waals surface area contributed by atoms with Crippen molar-refractivity contribution in [2.45, 2.75) is 6.92 Å². The second-order valence-electron chi connectivity index (χ2n) is 6.30. The molecule has 8 heteroatoms. The molecule has 0 radical (unpaired) electrons. The zero-order valence-corrected chi connectivity index (χ0v) is 15.4. The maximum absolute atomic E-state index is 13.0. The molecule has 0 bridgehead atoms. The van der Waals surface area contributed by atoms with Gasteiger partial charge in [0.25, 0.3) is 11.5 Å². The van der Waals surface area contributed by atoms with Crippen LogP contribution in [0.25, 0.3) is 16.5 Å². The minimum Gasteiger partial charge on any atom is -0.355 e. The van der Waals surface area contributed by atoms with E-state index in [1.54, 1.807) is 37.4 Å². The summed E-state index contributed by atoms with van der Waals surface area (Å²) in [6.07, 6.45) is 0. The van der Waals surface area contributed by atoms with E-state index in [0.29, 0.717) is 33.7 Å². The van der Waals surface area contributed by atoms with E-state index in [2.05, 4.69) is 25.9 Å². The molecule has 28 heavy (non-hydrogen) atoms. The quantitative estimate of drug-likeness (QED) is 0.509. The molecule has 2 heterocycles.